The Bertz CT molecular complexity index is 567. The van der Waals surface area contributed by atoms with Crippen molar-refractivity contribution < 1.29 is 8.42 Å². The lowest BCUT2D eigenvalue weighted by Crippen LogP contribution is -2.37. The predicted octanol–water partition coefficient (Wildman–Crippen LogP) is 3.04. The van der Waals surface area contributed by atoms with Gasteiger partial charge in [0.25, 0.3) is 0 Å². The molecule has 0 aliphatic carbocycles. The van der Waals surface area contributed by atoms with E-state index in [0.717, 1.165) is 12.2 Å². The summed E-state index contributed by atoms with van der Waals surface area (Å²) >= 11 is 4.92. The van der Waals surface area contributed by atoms with E-state index in [-0.39, 0.29) is 10.9 Å². The fourth-order valence-electron chi connectivity index (χ4n) is 1.73. The van der Waals surface area contributed by atoms with E-state index in [1.807, 2.05) is 20.1 Å². The first-order chi connectivity index (χ1) is 9.84. The Morgan fingerprint density at radius 1 is 1.52 bits per heavy atom. The van der Waals surface area contributed by atoms with Gasteiger partial charge in [0.1, 0.15) is 10.7 Å². The Morgan fingerprint density at radius 3 is 2.76 bits per heavy atom. The van der Waals surface area contributed by atoms with Crippen LogP contribution in [-0.4, -0.2) is 49.3 Å². The zero-order valence-electron chi connectivity index (χ0n) is 12.8. The molecule has 0 saturated carbocycles. The second-order valence-electron chi connectivity index (χ2n) is 4.75. The van der Waals surface area contributed by atoms with Crippen LogP contribution in [0.5, 0.6) is 0 Å². The molecule has 0 aliphatic rings. The van der Waals surface area contributed by atoms with Crippen LogP contribution in [0.2, 0.25) is 0 Å². The van der Waals surface area contributed by atoms with Gasteiger partial charge in [-0.3, -0.25) is 0 Å². The van der Waals surface area contributed by atoms with Gasteiger partial charge >= 0.3 is 0 Å². The average molecular weight is 396 g/mol. The molecule has 0 aromatic carbocycles. The first kappa shape index (κ1) is 18.7. The van der Waals surface area contributed by atoms with Gasteiger partial charge in [0.2, 0.25) is 10.0 Å². The minimum atomic E-state index is -3.58. The van der Waals surface area contributed by atoms with Crippen LogP contribution in [0.15, 0.2) is 21.6 Å². The summed E-state index contributed by atoms with van der Waals surface area (Å²) in [5.41, 5.74) is 0. The summed E-state index contributed by atoms with van der Waals surface area (Å²) in [6.07, 6.45) is 4.46. The van der Waals surface area contributed by atoms with Gasteiger partial charge in [0, 0.05) is 36.1 Å². The number of anilines is 1. The number of thioether (sulfide) groups is 1. The third-order valence-electron chi connectivity index (χ3n) is 3.05. The van der Waals surface area contributed by atoms with Crippen molar-refractivity contribution in [2.24, 2.45) is 0 Å². The highest BCUT2D eigenvalue weighted by Gasteiger charge is 2.28. The fraction of sp³-hybridized carbons (Fsp3) is 0.615. The molecule has 0 amide bonds. The molecule has 1 N–H and O–H groups in total. The molecule has 0 radical (unpaired) electrons. The van der Waals surface area contributed by atoms with E-state index in [1.165, 1.54) is 4.31 Å². The first-order valence-electron chi connectivity index (χ1n) is 6.71. The van der Waals surface area contributed by atoms with Gasteiger partial charge in [-0.2, -0.15) is 16.1 Å². The molecule has 21 heavy (non-hydrogen) atoms. The quantitative estimate of drug-likeness (QED) is 0.732. The van der Waals surface area contributed by atoms with Crippen molar-refractivity contribution in [1.29, 1.82) is 0 Å². The maximum atomic E-state index is 12.8. The molecule has 1 aromatic heterocycles. The molecule has 1 unspecified atom stereocenters. The highest BCUT2D eigenvalue weighted by molar-refractivity contribution is 9.10. The molecule has 1 aromatic rings. The molecule has 1 heterocycles. The van der Waals surface area contributed by atoms with Crippen LogP contribution in [0, 0.1) is 0 Å². The first-order valence-corrected chi connectivity index (χ1v) is 10.3. The van der Waals surface area contributed by atoms with Gasteiger partial charge < -0.3 is 5.32 Å². The van der Waals surface area contributed by atoms with E-state index < -0.39 is 10.0 Å². The fourth-order valence-corrected chi connectivity index (χ4v) is 4.52. The second-order valence-corrected chi connectivity index (χ2v) is 8.54. The summed E-state index contributed by atoms with van der Waals surface area (Å²) in [7, 11) is -1.97. The Kier molecular flexibility index (Phi) is 7.46. The Labute approximate surface area is 140 Å². The third-order valence-corrected chi connectivity index (χ3v) is 6.28. The van der Waals surface area contributed by atoms with Crippen LogP contribution >= 0.6 is 27.7 Å². The number of hydrogen-bond acceptors (Lipinski definition) is 5. The maximum Gasteiger partial charge on any atom is 0.246 e. The second kappa shape index (κ2) is 8.36. The van der Waals surface area contributed by atoms with Crippen LogP contribution in [0.1, 0.15) is 20.3 Å². The molecule has 0 aliphatic heterocycles. The van der Waals surface area contributed by atoms with E-state index in [1.54, 1.807) is 31.1 Å². The number of pyridine rings is 1. The van der Waals surface area contributed by atoms with Crippen molar-refractivity contribution in [2.45, 2.75) is 31.2 Å². The third kappa shape index (κ3) is 4.84. The highest BCUT2D eigenvalue weighted by atomic mass is 79.9. The maximum absolute atomic E-state index is 12.8. The molecule has 0 bridgehead atoms. The molecule has 1 rings (SSSR count). The van der Waals surface area contributed by atoms with Crippen molar-refractivity contribution in [1.82, 2.24) is 9.29 Å². The van der Waals surface area contributed by atoms with Gasteiger partial charge in [0.15, 0.2) is 0 Å². The molecule has 120 valence electrons. The largest absolute Gasteiger partial charge is 0.369 e. The molecular formula is C13H22BrN3O2S2. The van der Waals surface area contributed by atoms with E-state index in [9.17, 15) is 8.42 Å². The predicted molar refractivity (Wildman–Crippen MR) is 93.5 cm³/mol. The van der Waals surface area contributed by atoms with E-state index in [2.05, 4.69) is 26.2 Å². The summed E-state index contributed by atoms with van der Waals surface area (Å²) in [6.45, 7) is 4.60. The lowest BCUT2D eigenvalue weighted by molar-refractivity contribution is 0.415. The normalized spacial score (nSPS) is 13.4. The summed E-state index contributed by atoms with van der Waals surface area (Å²) in [5.74, 6) is 1.15. The molecule has 1 atom stereocenters. The Hall–Kier alpha value is -0.310. The van der Waals surface area contributed by atoms with Crippen molar-refractivity contribution >= 4 is 43.5 Å². The van der Waals surface area contributed by atoms with Crippen molar-refractivity contribution in [3.8, 4) is 0 Å². The van der Waals surface area contributed by atoms with Gasteiger partial charge in [-0.15, -0.1) is 0 Å². The van der Waals surface area contributed by atoms with Gasteiger partial charge in [0.05, 0.1) is 0 Å². The van der Waals surface area contributed by atoms with Crippen molar-refractivity contribution in [3.05, 3.63) is 16.7 Å². The van der Waals surface area contributed by atoms with Crippen molar-refractivity contribution in [3.63, 3.8) is 0 Å². The number of nitrogens with zero attached hydrogens (tertiary/aromatic N) is 2. The number of rotatable bonds is 8. The molecular weight excluding hydrogens is 374 g/mol. The average Bonchev–Trinajstić information content (AvgIpc) is 2.45. The smallest absolute Gasteiger partial charge is 0.246 e. The standard InChI is InChI=1S/C13H22BrN3O2S2/c1-5-6-15-13-12(7-11(14)8-16-13)21(18,19)17(3)10(2)9-20-4/h7-8,10H,5-6,9H2,1-4H3,(H,15,16). The number of halogens is 1. The molecule has 0 fully saturated rings. The highest BCUT2D eigenvalue weighted by Crippen LogP contribution is 2.26. The summed E-state index contributed by atoms with van der Waals surface area (Å²) < 4.78 is 27.7. The van der Waals surface area contributed by atoms with E-state index >= 15 is 0 Å². The number of nitrogens with one attached hydrogen (secondary N) is 1. The Morgan fingerprint density at radius 2 is 2.19 bits per heavy atom. The minimum Gasteiger partial charge on any atom is -0.369 e. The Balaban J connectivity index is 3.19. The van der Waals surface area contributed by atoms with Crippen LogP contribution < -0.4 is 5.32 Å². The van der Waals surface area contributed by atoms with Gasteiger partial charge in [-0.25, -0.2) is 13.4 Å². The van der Waals surface area contributed by atoms with E-state index in [0.29, 0.717) is 16.8 Å². The zero-order valence-corrected chi connectivity index (χ0v) is 16.0. The zero-order chi connectivity index (χ0) is 16.0. The molecule has 5 nitrogen and oxygen atoms in total. The van der Waals surface area contributed by atoms with Gasteiger partial charge in [-0.05, 0) is 41.6 Å². The van der Waals surface area contributed by atoms with Crippen LogP contribution in [0.4, 0.5) is 5.82 Å². The van der Waals surface area contributed by atoms with Gasteiger partial charge in [-0.1, -0.05) is 6.92 Å². The lowest BCUT2D eigenvalue weighted by Gasteiger charge is -2.24. The number of hydrogen-bond donors (Lipinski definition) is 1. The molecule has 0 spiro atoms. The SMILES string of the molecule is CCCNc1ncc(Br)cc1S(=O)(=O)N(C)C(C)CSC. The van der Waals surface area contributed by atoms with Crippen LogP contribution in [0.3, 0.4) is 0 Å². The monoisotopic (exact) mass is 395 g/mol. The van der Waals surface area contributed by atoms with Crippen LogP contribution in [-0.2, 0) is 10.0 Å². The minimum absolute atomic E-state index is 0.0805. The van der Waals surface area contributed by atoms with Crippen molar-refractivity contribution in [2.75, 3.05) is 30.9 Å². The number of aromatic nitrogens is 1. The molecule has 0 saturated heterocycles. The van der Waals surface area contributed by atoms with E-state index in [4.69, 9.17) is 0 Å². The topological polar surface area (TPSA) is 62.3 Å². The molecule has 8 heteroatoms. The summed E-state index contributed by atoms with van der Waals surface area (Å²) in [4.78, 5) is 4.41. The lowest BCUT2D eigenvalue weighted by atomic mass is 10.4. The summed E-state index contributed by atoms with van der Waals surface area (Å²) in [6, 6.07) is 1.52. The van der Waals surface area contributed by atoms with Crippen LogP contribution in [0.25, 0.3) is 0 Å². The summed E-state index contributed by atoms with van der Waals surface area (Å²) in [5, 5.41) is 3.08. The number of sulfonamides is 1.